The highest BCUT2D eigenvalue weighted by Gasteiger charge is 2.51. The molecule has 0 spiro atoms. The lowest BCUT2D eigenvalue weighted by Gasteiger charge is -2.25. The molecule has 2 aliphatic rings. The van der Waals surface area contributed by atoms with Crippen molar-refractivity contribution < 1.29 is 28.7 Å². The van der Waals surface area contributed by atoms with Crippen molar-refractivity contribution in [3.63, 3.8) is 0 Å². The Morgan fingerprint density at radius 2 is 1.59 bits per heavy atom. The maximum Gasteiger partial charge on any atom is 0.330 e. The molecule has 1 aliphatic carbocycles. The van der Waals surface area contributed by atoms with Crippen LogP contribution in [-0.4, -0.2) is 48.3 Å². The van der Waals surface area contributed by atoms with Crippen LogP contribution in [-0.2, 0) is 30.3 Å². The van der Waals surface area contributed by atoms with Crippen molar-refractivity contribution in [3.8, 4) is 5.75 Å². The van der Waals surface area contributed by atoms with Crippen molar-refractivity contribution in [1.29, 1.82) is 0 Å². The van der Waals surface area contributed by atoms with Crippen LogP contribution in [0.5, 0.6) is 5.75 Å². The zero-order chi connectivity index (χ0) is 24.1. The summed E-state index contributed by atoms with van der Waals surface area (Å²) in [6, 6.07) is 14.7. The predicted octanol–water partition coefficient (Wildman–Crippen LogP) is 2.74. The van der Waals surface area contributed by atoms with Crippen molar-refractivity contribution in [3.05, 3.63) is 72.3 Å². The SMILES string of the molecule is COc1ccc(NC(=O)COC(=O)[C@H](Cc2ccccc2)N2C(=O)[C@H]3CC=CC[C@H]3C2=O)cc1. The van der Waals surface area contributed by atoms with Crippen molar-refractivity contribution in [2.45, 2.75) is 25.3 Å². The number of benzene rings is 2. The molecule has 1 aliphatic heterocycles. The quantitative estimate of drug-likeness (QED) is 0.368. The summed E-state index contributed by atoms with van der Waals surface area (Å²) in [5.74, 6) is -2.32. The van der Waals surface area contributed by atoms with E-state index in [-0.39, 0.29) is 18.2 Å². The summed E-state index contributed by atoms with van der Waals surface area (Å²) in [7, 11) is 1.54. The highest BCUT2D eigenvalue weighted by Crippen LogP contribution is 2.36. The second-order valence-corrected chi connectivity index (χ2v) is 8.29. The fraction of sp³-hybridized carbons (Fsp3) is 0.308. The molecule has 0 radical (unpaired) electrons. The number of likely N-dealkylation sites (tertiary alicyclic amines) is 1. The number of hydrogen-bond donors (Lipinski definition) is 1. The molecule has 0 saturated carbocycles. The van der Waals surface area contributed by atoms with Crippen LogP contribution < -0.4 is 10.1 Å². The summed E-state index contributed by atoms with van der Waals surface area (Å²) in [5, 5.41) is 2.64. The van der Waals surface area contributed by atoms with E-state index in [4.69, 9.17) is 9.47 Å². The lowest BCUT2D eigenvalue weighted by molar-refractivity contribution is -0.159. The molecule has 176 valence electrons. The van der Waals surface area contributed by atoms with Gasteiger partial charge in [0.25, 0.3) is 5.91 Å². The monoisotopic (exact) mass is 462 g/mol. The maximum atomic E-state index is 13.1. The Bertz CT molecular complexity index is 1070. The van der Waals surface area contributed by atoms with E-state index in [1.165, 1.54) is 0 Å². The number of imide groups is 1. The average Bonchev–Trinajstić information content (AvgIpc) is 3.12. The summed E-state index contributed by atoms with van der Waals surface area (Å²) >= 11 is 0. The molecule has 0 aromatic heterocycles. The number of esters is 1. The molecular weight excluding hydrogens is 436 g/mol. The van der Waals surface area contributed by atoms with Gasteiger partial charge in [-0.2, -0.15) is 0 Å². The molecule has 3 atom stereocenters. The first-order chi connectivity index (χ1) is 16.5. The first-order valence-electron chi connectivity index (χ1n) is 11.1. The van der Waals surface area contributed by atoms with Crippen molar-refractivity contribution >= 4 is 29.4 Å². The van der Waals surface area contributed by atoms with Gasteiger partial charge in [-0.3, -0.25) is 19.3 Å². The minimum absolute atomic E-state index is 0.115. The number of carbonyl (C=O) groups is 4. The fourth-order valence-electron chi connectivity index (χ4n) is 4.35. The van der Waals surface area contributed by atoms with E-state index in [0.717, 1.165) is 10.5 Å². The van der Waals surface area contributed by atoms with Crippen molar-refractivity contribution in [2.75, 3.05) is 19.0 Å². The maximum absolute atomic E-state index is 13.1. The van der Waals surface area contributed by atoms with Gasteiger partial charge < -0.3 is 14.8 Å². The van der Waals surface area contributed by atoms with Gasteiger partial charge in [-0.1, -0.05) is 42.5 Å². The molecule has 2 aromatic carbocycles. The van der Waals surface area contributed by atoms with Crippen LogP contribution in [0.25, 0.3) is 0 Å². The molecule has 2 aromatic rings. The molecule has 1 heterocycles. The topological polar surface area (TPSA) is 102 Å². The Morgan fingerprint density at radius 1 is 0.971 bits per heavy atom. The third-order valence-electron chi connectivity index (χ3n) is 6.12. The first-order valence-corrected chi connectivity index (χ1v) is 11.1. The number of fused-ring (bicyclic) bond motifs is 1. The third kappa shape index (κ3) is 5.01. The lowest BCUT2D eigenvalue weighted by Crippen LogP contribution is -2.48. The molecule has 34 heavy (non-hydrogen) atoms. The second kappa shape index (κ2) is 10.3. The van der Waals surface area contributed by atoms with Crippen LogP contribution in [0.3, 0.4) is 0 Å². The second-order valence-electron chi connectivity index (χ2n) is 8.29. The summed E-state index contributed by atoms with van der Waals surface area (Å²) in [6.45, 7) is -0.541. The Kier molecular flexibility index (Phi) is 7.06. The average molecular weight is 463 g/mol. The number of allylic oxidation sites excluding steroid dienone is 2. The van der Waals surface area contributed by atoms with Gasteiger partial charge in [-0.05, 0) is 42.7 Å². The van der Waals surface area contributed by atoms with Crippen LogP contribution in [0, 0.1) is 11.8 Å². The highest BCUT2D eigenvalue weighted by atomic mass is 16.5. The van der Waals surface area contributed by atoms with E-state index in [2.05, 4.69) is 5.32 Å². The number of amides is 3. The zero-order valence-corrected chi connectivity index (χ0v) is 18.8. The minimum Gasteiger partial charge on any atom is -0.497 e. The van der Waals surface area contributed by atoms with Crippen LogP contribution in [0.4, 0.5) is 5.69 Å². The predicted molar refractivity (Wildman–Crippen MR) is 124 cm³/mol. The fourth-order valence-corrected chi connectivity index (χ4v) is 4.35. The molecule has 4 rings (SSSR count). The molecule has 3 amide bonds. The Labute approximate surface area is 197 Å². The number of nitrogens with zero attached hydrogens (tertiary/aromatic N) is 1. The first kappa shape index (κ1) is 23.2. The zero-order valence-electron chi connectivity index (χ0n) is 18.8. The van der Waals surface area contributed by atoms with Crippen LogP contribution in [0.15, 0.2) is 66.7 Å². The lowest BCUT2D eigenvalue weighted by atomic mass is 9.85. The number of nitrogens with one attached hydrogen (secondary N) is 1. The Morgan fingerprint density at radius 3 is 2.18 bits per heavy atom. The van der Waals surface area contributed by atoms with E-state index in [1.54, 1.807) is 31.4 Å². The molecule has 0 bridgehead atoms. The van der Waals surface area contributed by atoms with Gasteiger partial charge in [0.1, 0.15) is 11.8 Å². The molecule has 0 unspecified atom stereocenters. The summed E-state index contributed by atoms with van der Waals surface area (Å²) in [5.41, 5.74) is 1.30. The van der Waals surface area contributed by atoms with E-state index in [9.17, 15) is 19.2 Å². The van der Waals surface area contributed by atoms with E-state index in [1.807, 2.05) is 42.5 Å². The molecule has 8 nitrogen and oxygen atoms in total. The minimum atomic E-state index is -1.14. The number of rotatable bonds is 8. The summed E-state index contributed by atoms with van der Waals surface area (Å²) in [4.78, 5) is 52.7. The Hall–Kier alpha value is -3.94. The number of ether oxygens (including phenoxy) is 2. The third-order valence-corrected chi connectivity index (χ3v) is 6.12. The van der Waals surface area contributed by atoms with E-state index >= 15 is 0 Å². The molecule has 8 heteroatoms. The van der Waals surface area contributed by atoms with E-state index < -0.39 is 36.4 Å². The smallest absolute Gasteiger partial charge is 0.330 e. The van der Waals surface area contributed by atoms with Gasteiger partial charge in [0.15, 0.2) is 6.61 Å². The van der Waals surface area contributed by atoms with Crippen LogP contribution in [0.1, 0.15) is 18.4 Å². The van der Waals surface area contributed by atoms with Gasteiger partial charge in [0.2, 0.25) is 11.8 Å². The molecular formula is C26H26N2O6. The van der Waals surface area contributed by atoms with Gasteiger partial charge in [-0.25, -0.2) is 4.79 Å². The van der Waals surface area contributed by atoms with Gasteiger partial charge in [0.05, 0.1) is 18.9 Å². The van der Waals surface area contributed by atoms with Gasteiger partial charge in [0, 0.05) is 12.1 Å². The number of anilines is 1. The van der Waals surface area contributed by atoms with Gasteiger partial charge >= 0.3 is 5.97 Å². The Balaban J connectivity index is 1.46. The standard InChI is InChI=1S/C26H26N2O6/c1-33-19-13-11-18(12-14-19)27-23(29)16-34-26(32)22(15-17-7-3-2-4-8-17)28-24(30)20-9-5-6-10-21(20)25(28)31/h2-8,11-14,20-22H,9-10,15-16H2,1H3,(H,27,29)/t20-,21+,22-/m0/s1. The van der Waals surface area contributed by atoms with Crippen LogP contribution in [0.2, 0.25) is 0 Å². The highest BCUT2D eigenvalue weighted by molar-refractivity contribution is 6.08. The number of hydrogen-bond acceptors (Lipinski definition) is 6. The van der Waals surface area contributed by atoms with Gasteiger partial charge in [-0.15, -0.1) is 0 Å². The molecule has 1 N–H and O–H groups in total. The van der Waals surface area contributed by atoms with Crippen molar-refractivity contribution in [1.82, 2.24) is 4.90 Å². The van der Waals surface area contributed by atoms with Crippen molar-refractivity contribution in [2.24, 2.45) is 11.8 Å². The number of carbonyl (C=O) groups excluding carboxylic acids is 4. The largest absolute Gasteiger partial charge is 0.497 e. The summed E-state index contributed by atoms with van der Waals surface area (Å²) < 4.78 is 10.4. The summed E-state index contributed by atoms with van der Waals surface area (Å²) in [6.07, 6.45) is 4.85. The molecule has 1 fully saturated rings. The molecule has 1 saturated heterocycles. The van der Waals surface area contributed by atoms with Crippen LogP contribution >= 0.6 is 0 Å². The normalized spacial score (nSPS) is 20.0. The number of methoxy groups -OCH3 is 1. The van der Waals surface area contributed by atoms with E-state index in [0.29, 0.717) is 24.3 Å².